The van der Waals surface area contributed by atoms with Crippen LogP contribution in [0.25, 0.3) is 82.6 Å². The van der Waals surface area contributed by atoms with E-state index in [1.54, 1.807) is 0 Å². The van der Waals surface area contributed by atoms with Crippen molar-refractivity contribution in [3.8, 4) is 17.2 Å². The van der Waals surface area contributed by atoms with Gasteiger partial charge in [0.1, 0.15) is 66.0 Å². The topological polar surface area (TPSA) is 43.9 Å². The predicted molar refractivity (Wildman–Crippen MR) is 202 cm³/mol. The van der Waals surface area contributed by atoms with Crippen LogP contribution < -0.4 is 38.2 Å². The monoisotopic (exact) mass is 581 g/mol. The Kier molecular flexibility index (Phi) is 6.00. The van der Waals surface area contributed by atoms with Crippen molar-refractivity contribution < 1.29 is 4.42 Å². The second-order valence-electron chi connectivity index (χ2n) is 11.7. The molecular formula is C36H14B7N3O. The van der Waals surface area contributed by atoms with E-state index in [0.717, 1.165) is 38.0 Å². The van der Waals surface area contributed by atoms with Crippen LogP contribution in [0.4, 0.5) is 0 Å². The quantitative estimate of drug-likeness (QED) is 0.287. The summed E-state index contributed by atoms with van der Waals surface area (Å²) in [6.45, 7) is 0. The van der Waals surface area contributed by atoms with Crippen LogP contribution in [0, 0.1) is 0 Å². The minimum absolute atomic E-state index is 0.104. The van der Waals surface area contributed by atoms with E-state index in [1.807, 2.05) is 48.5 Å². The van der Waals surface area contributed by atoms with Gasteiger partial charge in [-0.15, -0.1) is 10.9 Å². The molecule has 3 aromatic heterocycles. The average molecular weight is 580 g/mol. The molecule has 4 nitrogen and oxygen atoms in total. The van der Waals surface area contributed by atoms with Gasteiger partial charge in [-0.05, 0) is 51.9 Å². The fourth-order valence-electron chi connectivity index (χ4n) is 6.89. The van der Waals surface area contributed by atoms with Crippen LogP contribution >= 0.6 is 0 Å². The van der Waals surface area contributed by atoms with E-state index in [4.69, 9.17) is 69.3 Å². The van der Waals surface area contributed by atoms with E-state index >= 15 is 0 Å². The van der Waals surface area contributed by atoms with Crippen molar-refractivity contribution in [2.45, 2.75) is 0 Å². The van der Waals surface area contributed by atoms with Gasteiger partial charge in [-0.25, -0.2) is 9.97 Å². The van der Waals surface area contributed by atoms with Crippen LogP contribution in [0.2, 0.25) is 0 Å². The summed E-state index contributed by atoms with van der Waals surface area (Å²) in [7, 11) is 45.5. The normalized spacial score (nSPS) is 12.0. The lowest BCUT2D eigenvalue weighted by Crippen LogP contribution is -2.52. The number of rotatable bonds is 2. The van der Waals surface area contributed by atoms with Crippen molar-refractivity contribution in [3.05, 3.63) is 84.9 Å². The van der Waals surface area contributed by atoms with E-state index < -0.39 is 0 Å². The number of fused-ring (bicyclic) bond motifs is 8. The van der Waals surface area contributed by atoms with Crippen LogP contribution in [0.1, 0.15) is 0 Å². The van der Waals surface area contributed by atoms with Gasteiger partial charge in [0.2, 0.25) is 0 Å². The molecule has 0 fully saturated rings. The summed E-state index contributed by atoms with van der Waals surface area (Å²) in [5.74, 6) is 0.729. The highest BCUT2D eigenvalue weighted by Crippen LogP contribution is 2.38. The number of benzene rings is 6. The predicted octanol–water partition coefficient (Wildman–Crippen LogP) is 1.00. The number of hydrogen-bond donors (Lipinski definition) is 0. The molecule has 11 heteroatoms. The highest BCUT2D eigenvalue weighted by atomic mass is 16.3. The molecule has 6 aromatic carbocycles. The molecule has 200 valence electrons. The minimum Gasteiger partial charge on any atom is -0.450 e. The first kappa shape index (κ1) is 28.2. The smallest absolute Gasteiger partial charge is 0.197 e. The van der Waals surface area contributed by atoms with E-state index in [1.165, 1.54) is 0 Å². The largest absolute Gasteiger partial charge is 0.450 e. The lowest BCUT2D eigenvalue weighted by Gasteiger charge is -2.24. The first-order valence-corrected chi connectivity index (χ1v) is 14.9. The van der Waals surface area contributed by atoms with E-state index in [9.17, 15) is 0 Å². The highest BCUT2D eigenvalue weighted by Gasteiger charge is 2.25. The van der Waals surface area contributed by atoms with Crippen LogP contribution in [0.3, 0.4) is 0 Å². The fraction of sp³-hybridized carbons (Fsp3) is 0. The standard InChI is InChI=1S/C36H14B7N3O/c37-26-23-24(29(40)32(43)31(42)28(23)39)27(38)30(41)25(26)35-44-33-18-10-4-6-12-22(18)47-34(33)36(45-35)46-20-11-5-3-9-17(20)19-13-15-7-1-2-8-16(15)14-21(19)46/h1-14H. The van der Waals surface area contributed by atoms with Gasteiger partial charge in [0.15, 0.2) is 17.2 Å². The summed E-state index contributed by atoms with van der Waals surface area (Å²) in [6.07, 6.45) is 0. The molecule has 0 amide bonds. The molecule has 14 radical (unpaired) electrons. The maximum atomic E-state index is 6.88. The van der Waals surface area contributed by atoms with Crippen molar-refractivity contribution in [2.75, 3.05) is 0 Å². The van der Waals surface area contributed by atoms with E-state index in [-0.39, 0.29) is 44.1 Å². The first-order chi connectivity index (χ1) is 22.7. The van der Waals surface area contributed by atoms with Crippen LogP contribution in [-0.2, 0) is 0 Å². The Bertz CT molecular complexity index is 2840. The zero-order chi connectivity index (χ0) is 32.3. The summed E-state index contributed by atoms with van der Waals surface area (Å²) >= 11 is 0. The summed E-state index contributed by atoms with van der Waals surface area (Å²) in [6, 6.07) is 28.5. The maximum absolute atomic E-state index is 6.88. The Hall–Kier alpha value is -5.03. The van der Waals surface area contributed by atoms with Gasteiger partial charge in [-0.2, -0.15) is 0 Å². The second kappa shape index (κ2) is 9.99. The summed E-state index contributed by atoms with van der Waals surface area (Å²) in [5, 5.41) is 5.80. The van der Waals surface area contributed by atoms with Crippen LogP contribution in [-0.4, -0.2) is 69.5 Å². The van der Waals surface area contributed by atoms with Crippen molar-refractivity contribution in [2.24, 2.45) is 0 Å². The number of para-hydroxylation sites is 2. The first-order valence-electron chi connectivity index (χ1n) is 14.9. The molecule has 0 saturated carbocycles. The van der Waals surface area contributed by atoms with Crippen LogP contribution in [0.15, 0.2) is 89.3 Å². The van der Waals surface area contributed by atoms with E-state index in [2.05, 4.69) is 41.0 Å². The average Bonchev–Trinajstić information content (AvgIpc) is 3.62. The minimum atomic E-state index is 0.104. The third-order valence-electron chi connectivity index (χ3n) is 9.20. The third-order valence-corrected chi connectivity index (χ3v) is 9.20. The molecule has 0 aliphatic rings. The van der Waals surface area contributed by atoms with Crippen LogP contribution in [0.5, 0.6) is 0 Å². The fourth-order valence-corrected chi connectivity index (χ4v) is 6.89. The molecule has 0 saturated heterocycles. The van der Waals surface area contributed by atoms with E-state index in [0.29, 0.717) is 38.8 Å². The zero-order valence-corrected chi connectivity index (χ0v) is 24.9. The Morgan fingerprint density at radius 1 is 0.511 bits per heavy atom. The van der Waals surface area contributed by atoms with Crippen molar-refractivity contribution >= 4 is 159 Å². The number of aromatic nitrogens is 3. The molecule has 0 N–H and O–H groups in total. The zero-order valence-electron chi connectivity index (χ0n) is 24.9. The maximum Gasteiger partial charge on any atom is 0.197 e. The molecule has 9 aromatic rings. The number of furan rings is 1. The van der Waals surface area contributed by atoms with Gasteiger partial charge in [-0.3, -0.25) is 4.57 Å². The van der Waals surface area contributed by atoms with Gasteiger partial charge in [0.05, 0.1) is 11.0 Å². The molecule has 0 aliphatic carbocycles. The van der Waals surface area contributed by atoms with Gasteiger partial charge >= 0.3 is 0 Å². The Morgan fingerprint density at radius 3 is 1.85 bits per heavy atom. The van der Waals surface area contributed by atoms with Crippen molar-refractivity contribution in [1.29, 1.82) is 0 Å². The Balaban J connectivity index is 1.47. The molecule has 0 atom stereocenters. The molecule has 0 aliphatic heterocycles. The lowest BCUT2D eigenvalue weighted by atomic mass is 9.59. The number of hydrogen-bond acceptors (Lipinski definition) is 3. The highest BCUT2D eigenvalue weighted by molar-refractivity contribution is 6.72. The SMILES string of the molecule is [B]c1c([B])c([B])c2c([B])c(-c3nc(-n4c5ccccc5c5cc6ccccc6cc54)c4oc5ccccc5c4n3)c([B])c([B])c2c1[B]. The van der Waals surface area contributed by atoms with Crippen molar-refractivity contribution in [1.82, 2.24) is 14.5 Å². The third kappa shape index (κ3) is 3.80. The molecular weight excluding hydrogens is 566 g/mol. The van der Waals surface area contributed by atoms with Crippen molar-refractivity contribution in [3.63, 3.8) is 0 Å². The van der Waals surface area contributed by atoms with Gasteiger partial charge in [-0.1, -0.05) is 81.9 Å². The molecule has 47 heavy (non-hydrogen) atoms. The molecule has 0 bridgehead atoms. The lowest BCUT2D eigenvalue weighted by molar-refractivity contribution is 0.662. The summed E-state index contributed by atoms with van der Waals surface area (Å²) in [4.78, 5) is 10.2. The number of nitrogens with zero attached hydrogens (tertiary/aromatic N) is 3. The molecule has 0 spiro atoms. The Morgan fingerprint density at radius 2 is 1.11 bits per heavy atom. The molecule has 3 heterocycles. The summed E-state index contributed by atoms with van der Waals surface area (Å²) < 4.78 is 8.59. The molecule has 9 rings (SSSR count). The molecule has 0 unspecified atom stereocenters. The summed E-state index contributed by atoms with van der Waals surface area (Å²) in [5.41, 5.74) is 4.85. The van der Waals surface area contributed by atoms with Gasteiger partial charge < -0.3 is 4.42 Å². The Labute approximate surface area is 278 Å². The van der Waals surface area contributed by atoms with Gasteiger partial charge in [0.25, 0.3) is 0 Å². The second-order valence-corrected chi connectivity index (χ2v) is 11.7. The van der Waals surface area contributed by atoms with Gasteiger partial charge in [0, 0.05) is 21.7 Å².